The molecular formula is C24H20N4O3. The van der Waals surface area contributed by atoms with Gasteiger partial charge in [-0.2, -0.15) is 0 Å². The summed E-state index contributed by atoms with van der Waals surface area (Å²) in [6.45, 7) is 2.51. The first kappa shape index (κ1) is 19.0. The van der Waals surface area contributed by atoms with Crippen molar-refractivity contribution in [3.8, 4) is 0 Å². The SMILES string of the molecule is O=C(c1ccc2ccccc2c1)N1CCN(c2ccc([N+](=O)[O-])c3cnccc23)CC1. The van der Waals surface area contributed by atoms with Crippen molar-refractivity contribution in [2.24, 2.45) is 0 Å². The van der Waals surface area contributed by atoms with Crippen molar-refractivity contribution in [2.75, 3.05) is 31.1 Å². The number of anilines is 1. The van der Waals surface area contributed by atoms with Gasteiger partial charge in [0.15, 0.2) is 0 Å². The zero-order valence-electron chi connectivity index (χ0n) is 16.8. The summed E-state index contributed by atoms with van der Waals surface area (Å²) in [5, 5.41) is 14.9. The lowest BCUT2D eigenvalue weighted by atomic mass is 10.1. The number of carbonyl (C=O) groups excluding carboxylic acids is 1. The van der Waals surface area contributed by atoms with Gasteiger partial charge in [0.1, 0.15) is 0 Å². The number of carbonyl (C=O) groups is 1. The number of hydrogen-bond acceptors (Lipinski definition) is 5. The Kier molecular flexibility index (Phi) is 4.71. The van der Waals surface area contributed by atoms with Crippen molar-refractivity contribution in [3.63, 3.8) is 0 Å². The fourth-order valence-corrected chi connectivity index (χ4v) is 4.25. The summed E-state index contributed by atoms with van der Waals surface area (Å²) < 4.78 is 0. The topological polar surface area (TPSA) is 79.6 Å². The average molecular weight is 412 g/mol. The Hall–Kier alpha value is -4.00. The molecule has 7 nitrogen and oxygen atoms in total. The molecule has 1 saturated heterocycles. The molecule has 3 aromatic carbocycles. The van der Waals surface area contributed by atoms with E-state index in [0.29, 0.717) is 37.1 Å². The summed E-state index contributed by atoms with van der Waals surface area (Å²) in [5.74, 6) is 0.0307. The van der Waals surface area contributed by atoms with Gasteiger partial charge >= 0.3 is 0 Å². The minimum atomic E-state index is -0.381. The lowest BCUT2D eigenvalue weighted by Crippen LogP contribution is -2.48. The molecule has 4 aromatic rings. The summed E-state index contributed by atoms with van der Waals surface area (Å²) >= 11 is 0. The number of aromatic nitrogens is 1. The second-order valence-electron chi connectivity index (χ2n) is 7.62. The van der Waals surface area contributed by atoms with Crippen molar-refractivity contribution in [1.29, 1.82) is 0 Å². The fourth-order valence-electron chi connectivity index (χ4n) is 4.25. The van der Waals surface area contributed by atoms with Gasteiger partial charge in [-0.15, -0.1) is 0 Å². The quantitative estimate of drug-likeness (QED) is 0.371. The number of nitro groups is 1. The number of nitro benzene ring substituents is 1. The molecule has 7 heteroatoms. The molecular weight excluding hydrogens is 392 g/mol. The Bertz CT molecular complexity index is 1310. The molecule has 0 atom stereocenters. The molecule has 0 unspecified atom stereocenters. The van der Waals surface area contributed by atoms with Crippen LogP contribution >= 0.6 is 0 Å². The zero-order chi connectivity index (χ0) is 21.4. The number of piperazine rings is 1. The molecule has 2 heterocycles. The van der Waals surface area contributed by atoms with E-state index in [2.05, 4.69) is 9.88 Å². The van der Waals surface area contributed by atoms with Gasteiger partial charge in [0.2, 0.25) is 0 Å². The van der Waals surface area contributed by atoms with Crippen molar-refractivity contribution in [2.45, 2.75) is 0 Å². The summed E-state index contributed by atoms with van der Waals surface area (Å²) in [7, 11) is 0. The Morgan fingerprint density at radius 3 is 2.45 bits per heavy atom. The van der Waals surface area contributed by atoms with Crippen molar-refractivity contribution < 1.29 is 9.72 Å². The highest BCUT2D eigenvalue weighted by atomic mass is 16.6. The van der Waals surface area contributed by atoms with E-state index in [-0.39, 0.29) is 16.5 Å². The predicted molar refractivity (Wildman–Crippen MR) is 120 cm³/mol. The fraction of sp³-hybridized carbons (Fsp3) is 0.167. The molecule has 0 radical (unpaired) electrons. The maximum absolute atomic E-state index is 13.0. The monoisotopic (exact) mass is 412 g/mol. The third kappa shape index (κ3) is 3.44. The van der Waals surface area contributed by atoms with E-state index in [1.807, 2.05) is 53.4 Å². The van der Waals surface area contributed by atoms with E-state index < -0.39 is 0 Å². The van der Waals surface area contributed by atoms with E-state index in [4.69, 9.17) is 0 Å². The highest BCUT2D eigenvalue weighted by Gasteiger charge is 2.24. The highest BCUT2D eigenvalue weighted by Crippen LogP contribution is 2.33. The smallest absolute Gasteiger partial charge is 0.278 e. The number of non-ortho nitro benzene ring substituents is 1. The van der Waals surface area contributed by atoms with Crippen LogP contribution in [0.25, 0.3) is 21.5 Å². The van der Waals surface area contributed by atoms with Crippen LogP contribution in [0.15, 0.2) is 73.1 Å². The molecule has 31 heavy (non-hydrogen) atoms. The van der Waals surface area contributed by atoms with Gasteiger partial charge < -0.3 is 9.80 Å². The molecule has 1 aromatic heterocycles. The van der Waals surface area contributed by atoms with Gasteiger partial charge in [-0.3, -0.25) is 19.9 Å². The highest BCUT2D eigenvalue weighted by molar-refractivity contribution is 6.00. The van der Waals surface area contributed by atoms with Gasteiger partial charge in [-0.05, 0) is 35.0 Å². The van der Waals surface area contributed by atoms with Crippen molar-refractivity contribution >= 4 is 38.8 Å². The normalized spacial score (nSPS) is 14.2. The summed E-state index contributed by atoms with van der Waals surface area (Å²) in [6.07, 6.45) is 3.19. The average Bonchev–Trinajstić information content (AvgIpc) is 2.82. The van der Waals surface area contributed by atoms with Gasteiger partial charge in [-0.25, -0.2) is 0 Å². The van der Waals surface area contributed by atoms with Crippen LogP contribution in [-0.2, 0) is 0 Å². The lowest BCUT2D eigenvalue weighted by molar-refractivity contribution is -0.383. The molecule has 1 fully saturated rings. The lowest BCUT2D eigenvalue weighted by Gasteiger charge is -2.36. The summed E-state index contributed by atoms with van der Waals surface area (Å²) in [6, 6.07) is 19.0. The van der Waals surface area contributed by atoms with Gasteiger partial charge in [0.05, 0.1) is 10.3 Å². The third-order valence-electron chi connectivity index (χ3n) is 5.87. The first-order chi connectivity index (χ1) is 15.1. The molecule has 0 saturated carbocycles. The zero-order valence-corrected chi connectivity index (χ0v) is 16.8. The van der Waals surface area contributed by atoms with E-state index in [1.54, 1.807) is 12.3 Å². The number of benzene rings is 3. The van der Waals surface area contributed by atoms with Gasteiger partial charge in [-0.1, -0.05) is 30.3 Å². The van der Waals surface area contributed by atoms with E-state index >= 15 is 0 Å². The van der Waals surface area contributed by atoms with E-state index in [9.17, 15) is 14.9 Å². The minimum Gasteiger partial charge on any atom is -0.367 e. The van der Waals surface area contributed by atoms with Crippen LogP contribution in [-0.4, -0.2) is 46.9 Å². The van der Waals surface area contributed by atoms with Crippen molar-refractivity contribution in [3.05, 3.63) is 88.7 Å². The molecule has 1 amide bonds. The largest absolute Gasteiger partial charge is 0.367 e. The summed E-state index contributed by atoms with van der Waals surface area (Å²) in [5.41, 5.74) is 1.68. The minimum absolute atomic E-state index is 0.0307. The van der Waals surface area contributed by atoms with E-state index in [1.165, 1.54) is 12.3 Å². The second-order valence-corrected chi connectivity index (χ2v) is 7.62. The first-order valence-electron chi connectivity index (χ1n) is 10.2. The Morgan fingerprint density at radius 1 is 0.903 bits per heavy atom. The first-order valence-corrected chi connectivity index (χ1v) is 10.2. The molecule has 5 rings (SSSR count). The van der Waals surface area contributed by atoms with Crippen LogP contribution in [0.5, 0.6) is 0 Å². The van der Waals surface area contributed by atoms with Crippen LogP contribution in [0.1, 0.15) is 10.4 Å². The van der Waals surface area contributed by atoms with Gasteiger partial charge in [0, 0.05) is 61.3 Å². The molecule has 0 N–H and O–H groups in total. The molecule has 0 spiro atoms. The second kappa shape index (κ2) is 7.68. The number of nitrogens with zero attached hydrogens (tertiary/aromatic N) is 4. The molecule has 1 aliphatic rings. The van der Waals surface area contributed by atoms with Crippen LogP contribution in [0.4, 0.5) is 11.4 Å². The Labute approximate surface area is 178 Å². The number of hydrogen-bond donors (Lipinski definition) is 0. The number of rotatable bonds is 3. The van der Waals surface area contributed by atoms with Crippen LogP contribution in [0.2, 0.25) is 0 Å². The summed E-state index contributed by atoms with van der Waals surface area (Å²) in [4.78, 5) is 32.1. The number of fused-ring (bicyclic) bond motifs is 2. The molecule has 0 bridgehead atoms. The maximum Gasteiger partial charge on any atom is 0.278 e. The van der Waals surface area contributed by atoms with Crippen LogP contribution in [0, 0.1) is 10.1 Å². The molecule has 1 aliphatic heterocycles. The molecule has 0 aliphatic carbocycles. The Morgan fingerprint density at radius 2 is 1.68 bits per heavy atom. The molecule has 154 valence electrons. The van der Waals surface area contributed by atoms with Crippen LogP contribution in [0.3, 0.4) is 0 Å². The van der Waals surface area contributed by atoms with E-state index in [0.717, 1.165) is 21.8 Å². The van der Waals surface area contributed by atoms with Crippen molar-refractivity contribution in [1.82, 2.24) is 9.88 Å². The number of pyridine rings is 1. The van der Waals surface area contributed by atoms with Crippen LogP contribution < -0.4 is 4.90 Å². The predicted octanol–water partition coefficient (Wildman–Crippen LogP) is 4.26. The maximum atomic E-state index is 13.0. The number of amides is 1. The van der Waals surface area contributed by atoms with Gasteiger partial charge in [0.25, 0.3) is 11.6 Å². The Balaban J connectivity index is 1.36. The standard InChI is InChI=1S/C24H20N4O3/c29-24(19-6-5-17-3-1-2-4-18(17)15-19)27-13-11-26(12-14-27)22-7-8-23(28(30)31)21-16-25-10-9-20(21)22/h1-10,15-16H,11-14H2. The third-order valence-corrected chi connectivity index (χ3v) is 5.87.